The predicted molar refractivity (Wildman–Crippen MR) is 87.9 cm³/mol. The average Bonchev–Trinajstić information content (AvgIpc) is 2.50. The number of benzene rings is 1. The second kappa shape index (κ2) is 7.93. The predicted octanol–water partition coefficient (Wildman–Crippen LogP) is 4.95. The van der Waals surface area contributed by atoms with E-state index < -0.39 is 0 Å². The topological polar surface area (TPSA) is 12.0 Å². The third-order valence-corrected chi connectivity index (χ3v) is 5.18. The molecule has 2 heteroatoms. The monoisotopic (exact) mass is 291 g/mol. The molecule has 1 saturated carbocycles. The Morgan fingerprint density at radius 3 is 2.43 bits per heavy atom. The van der Waals surface area contributed by atoms with Crippen molar-refractivity contribution in [3.05, 3.63) is 35.6 Å². The molecule has 0 radical (unpaired) electrons. The highest BCUT2D eigenvalue weighted by Crippen LogP contribution is 2.42. The van der Waals surface area contributed by atoms with Crippen LogP contribution in [0.3, 0.4) is 0 Å². The molecule has 1 N–H and O–H groups in total. The van der Waals surface area contributed by atoms with Crippen LogP contribution < -0.4 is 5.32 Å². The van der Waals surface area contributed by atoms with Gasteiger partial charge in [-0.3, -0.25) is 0 Å². The summed E-state index contributed by atoms with van der Waals surface area (Å²) in [5.41, 5.74) is 1.65. The molecule has 1 aromatic rings. The zero-order valence-electron chi connectivity index (χ0n) is 13.6. The van der Waals surface area contributed by atoms with Gasteiger partial charge in [-0.25, -0.2) is 4.39 Å². The summed E-state index contributed by atoms with van der Waals surface area (Å²) in [5, 5.41) is 3.39. The molecule has 1 aromatic carbocycles. The van der Waals surface area contributed by atoms with Crippen molar-refractivity contribution in [1.29, 1.82) is 0 Å². The number of nitrogens with one attached hydrogen (secondary N) is 1. The molecule has 0 aromatic heterocycles. The molecule has 0 saturated heterocycles. The Morgan fingerprint density at radius 1 is 1.19 bits per heavy atom. The summed E-state index contributed by atoms with van der Waals surface area (Å²) in [6, 6.07) is 7.09. The second-order valence-electron chi connectivity index (χ2n) is 6.92. The highest BCUT2D eigenvalue weighted by atomic mass is 19.1. The van der Waals surface area contributed by atoms with Gasteiger partial charge in [-0.15, -0.1) is 0 Å². The highest BCUT2D eigenvalue weighted by Gasteiger charge is 2.34. The highest BCUT2D eigenvalue weighted by molar-refractivity contribution is 5.18. The average molecular weight is 291 g/mol. The lowest BCUT2D eigenvalue weighted by atomic mass is 9.66. The Hall–Kier alpha value is -0.890. The summed E-state index contributed by atoms with van der Waals surface area (Å²) in [6.45, 7) is 3.35. The largest absolute Gasteiger partial charge is 0.319 e. The molecule has 1 fully saturated rings. The van der Waals surface area contributed by atoms with Gasteiger partial charge in [-0.1, -0.05) is 38.3 Å². The quantitative estimate of drug-likeness (QED) is 0.749. The number of hydrogen-bond donors (Lipinski definition) is 1. The van der Waals surface area contributed by atoms with Gasteiger partial charge in [0.25, 0.3) is 0 Å². The molecule has 0 bridgehead atoms. The van der Waals surface area contributed by atoms with Crippen molar-refractivity contribution >= 4 is 0 Å². The number of unbranched alkanes of at least 4 members (excludes halogenated alkanes) is 1. The Bertz CT molecular complexity index is 404. The minimum atomic E-state index is -0.135. The van der Waals surface area contributed by atoms with E-state index in [0.29, 0.717) is 5.41 Å². The molecule has 1 nitrogen and oxygen atoms in total. The molecule has 21 heavy (non-hydrogen) atoms. The van der Waals surface area contributed by atoms with E-state index >= 15 is 0 Å². The molecule has 118 valence electrons. The van der Waals surface area contributed by atoms with Crippen LogP contribution in [0.4, 0.5) is 4.39 Å². The molecule has 2 rings (SSSR count). The fraction of sp³-hybridized carbons (Fsp3) is 0.684. The maximum absolute atomic E-state index is 13.1. The second-order valence-corrected chi connectivity index (χ2v) is 6.92. The minimum Gasteiger partial charge on any atom is -0.319 e. The number of rotatable bonds is 7. The summed E-state index contributed by atoms with van der Waals surface area (Å²) < 4.78 is 13.1. The Labute approximate surface area is 129 Å². The van der Waals surface area contributed by atoms with E-state index in [-0.39, 0.29) is 5.82 Å². The van der Waals surface area contributed by atoms with E-state index in [1.165, 1.54) is 50.5 Å². The molecular formula is C19H30FN. The molecule has 0 unspecified atom stereocenters. The lowest BCUT2D eigenvalue weighted by Gasteiger charge is -2.40. The molecule has 0 atom stereocenters. The van der Waals surface area contributed by atoms with Gasteiger partial charge in [0.15, 0.2) is 0 Å². The Morgan fingerprint density at radius 2 is 1.86 bits per heavy atom. The van der Waals surface area contributed by atoms with E-state index in [4.69, 9.17) is 0 Å². The maximum atomic E-state index is 13.1. The van der Waals surface area contributed by atoms with Crippen molar-refractivity contribution in [2.24, 2.45) is 11.3 Å². The fourth-order valence-electron chi connectivity index (χ4n) is 3.90. The third-order valence-electron chi connectivity index (χ3n) is 5.18. The van der Waals surface area contributed by atoms with Crippen molar-refractivity contribution in [3.63, 3.8) is 0 Å². The van der Waals surface area contributed by atoms with Crippen LogP contribution in [0, 0.1) is 17.2 Å². The third kappa shape index (κ3) is 4.81. The minimum absolute atomic E-state index is 0.135. The van der Waals surface area contributed by atoms with Crippen molar-refractivity contribution in [1.82, 2.24) is 5.32 Å². The molecule has 0 spiro atoms. The van der Waals surface area contributed by atoms with E-state index in [1.807, 2.05) is 12.1 Å². The van der Waals surface area contributed by atoms with Gasteiger partial charge in [0.2, 0.25) is 0 Å². The molecule has 1 aliphatic carbocycles. The van der Waals surface area contributed by atoms with Gasteiger partial charge in [0.05, 0.1) is 0 Å². The van der Waals surface area contributed by atoms with Crippen molar-refractivity contribution < 1.29 is 4.39 Å². The summed E-state index contributed by atoms with van der Waals surface area (Å²) >= 11 is 0. The lowest BCUT2D eigenvalue weighted by Crippen LogP contribution is -2.38. The van der Waals surface area contributed by atoms with Crippen LogP contribution in [0.1, 0.15) is 57.4 Å². The van der Waals surface area contributed by atoms with E-state index in [1.54, 1.807) is 12.1 Å². The smallest absolute Gasteiger partial charge is 0.123 e. The van der Waals surface area contributed by atoms with Crippen LogP contribution in [0.5, 0.6) is 0 Å². The van der Waals surface area contributed by atoms with Crippen molar-refractivity contribution in [3.8, 4) is 0 Å². The van der Waals surface area contributed by atoms with E-state index in [0.717, 1.165) is 18.9 Å². The van der Waals surface area contributed by atoms with Crippen molar-refractivity contribution in [2.75, 3.05) is 13.6 Å². The van der Waals surface area contributed by atoms with Crippen molar-refractivity contribution in [2.45, 2.75) is 58.3 Å². The number of halogens is 1. The first-order chi connectivity index (χ1) is 10.2. The molecular weight excluding hydrogens is 261 g/mol. The SMILES string of the molecule is CCCCC1CCC(CNC)(Cc2ccc(F)cc2)CC1. The summed E-state index contributed by atoms with van der Waals surface area (Å²) in [5.74, 6) is 0.799. The Kier molecular flexibility index (Phi) is 6.22. The first-order valence-corrected chi connectivity index (χ1v) is 8.56. The van der Waals surface area contributed by atoms with Crippen LogP contribution in [0.25, 0.3) is 0 Å². The molecule has 0 amide bonds. The zero-order valence-corrected chi connectivity index (χ0v) is 13.6. The van der Waals surface area contributed by atoms with Gasteiger partial charge in [0.1, 0.15) is 5.82 Å². The number of hydrogen-bond acceptors (Lipinski definition) is 1. The first kappa shape index (κ1) is 16.5. The molecule has 1 aliphatic rings. The molecule has 0 heterocycles. The van der Waals surface area contributed by atoms with Gasteiger partial charge in [-0.2, -0.15) is 0 Å². The van der Waals surface area contributed by atoms with Gasteiger partial charge < -0.3 is 5.32 Å². The summed E-state index contributed by atoms with van der Waals surface area (Å²) in [6.07, 6.45) is 10.5. The van der Waals surface area contributed by atoms with Gasteiger partial charge >= 0.3 is 0 Å². The fourth-order valence-corrected chi connectivity index (χ4v) is 3.90. The lowest BCUT2D eigenvalue weighted by molar-refractivity contribution is 0.141. The van der Waals surface area contributed by atoms with E-state index in [2.05, 4.69) is 19.3 Å². The zero-order chi connectivity index (χ0) is 15.1. The first-order valence-electron chi connectivity index (χ1n) is 8.56. The van der Waals surface area contributed by atoms with Gasteiger partial charge in [0, 0.05) is 6.54 Å². The van der Waals surface area contributed by atoms with Crippen LogP contribution in [-0.4, -0.2) is 13.6 Å². The summed E-state index contributed by atoms with van der Waals surface area (Å²) in [4.78, 5) is 0. The van der Waals surface area contributed by atoms with Crippen LogP contribution in [-0.2, 0) is 6.42 Å². The van der Waals surface area contributed by atoms with E-state index in [9.17, 15) is 4.39 Å². The maximum Gasteiger partial charge on any atom is 0.123 e. The summed E-state index contributed by atoms with van der Waals surface area (Å²) in [7, 11) is 2.05. The normalized spacial score (nSPS) is 26.0. The van der Waals surface area contributed by atoms with Crippen LogP contribution in [0.15, 0.2) is 24.3 Å². The van der Waals surface area contributed by atoms with Crippen LogP contribution in [0.2, 0.25) is 0 Å². The molecule has 0 aliphatic heterocycles. The van der Waals surface area contributed by atoms with Gasteiger partial charge in [-0.05, 0) is 68.2 Å². The van der Waals surface area contributed by atoms with Crippen LogP contribution >= 0.6 is 0 Å². The standard InChI is InChI=1S/C19H30FN/c1-3-4-5-16-10-12-19(13-11-16,15-21-2)14-17-6-8-18(20)9-7-17/h6-9,16,21H,3-5,10-15H2,1-2H3. The Balaban J connectivity index is 1.96.